The van der Waals surface area contributed by atoms with Crippen LogP contribution in [0, 0.1) is 5.41 Å². The molecule has 80 valence electrons. The summed E-state index contributed by atoms with van der Waals surface area (Å²) in [6, 6.07) is 0. The Morgan fingerprint density at radius 3 is 2.36 bits per heavy atom. The summed E-state index contributed by atoms with van der Waals surface area (Å²) in [4.78, 5) is 7.66. The highest BCUT2D eigenvalue weighted by Gasteiger charge is 2.41. The molecule has 14 heavy (non-hydrogen) atoms. The van der Waals surface area contributed by atoms with E-state index in [0.717, 1.165) is 19.3 Å². The smallest absolute Gasteiger partial charge is 0.218 e. The van der Waals surface area contributed by atoms with Crippen LogP contribution in [0.1, 0.15) is 19.3 Å². The lowest BCUT2D eigenvalue weighted by Crippen LogP contribution is -2.26. The Morgan fingerprint density at radius 2 is 1.93 bits per heavy atom. The highest BCUT2D eigenvalue weighted by Crippen LogP contribution is 2.48. The Bertz CT molecular complexity index is 252. The number of aliphatic hydroxyl groups is 1. The van der Waals surface area contributed by atoms with Crippen LogP contribution in [0.15, 0.2) is 9.98 Å². The summed E-state index contributed by atoms with van der Waals surface area (Å²) in [5.41, 5.74) is 15.9. The van der Waals surface area contributed by atoms with Crippen LogP contribution in [0.4, 0.5) is 0 Å². The van der Waals surface area contributed by atoms with Crippen LogP contribution in [0.5, 0.6) is 0 Å². The third kappa shape index (κ3) is 3.21. The van der Waals surface area contributed by atoms with Crippen molar-refractivity contribution in [1.29, 1.82) is 0 Å². The molecule has 6 heteroatoms. The van der Waals surface area contributed by atoms with Gasteiger partial charge in [0.25, 0.3) is 0 Å². The molecule has 0 radical (unpaired) electrons. The second kappa shape index (κ2) is 4.28. The maximum absolute atomic E-state index is 8.81. The zero-order valence-corrected chi connectivity index (χ0v) is 8.11. The number of guanidine groups is 2. The van der Waals surface area contributed by atoms with Crippen molar-refractivity contribution < 1.29 is 5.11 Å². The lowest BCUT2D eigenvalue weighted by molar-refractivity contribution is 0.251. The lowest BCUT2D eigenvalue weighted by atomic mass is 10.0. The summed E-state index contributed by atoms with van der Waals surface area (Å²) in [5, 5.41) is 8.81. The van der Waals surface area contributed by atoms with Gasteiger partial charge in [0.15, 0.2) is 5.96 Å². The van der Waals surface area contributed by atoms with Gasteiger partial charge in [0.05, 0.1) is 0 Å². The molecule has 1 saturated carbocycles. The molecule has 6 nitrogen and oxygen atoms in total. The number of nitrogens with two attached hydrogens (primary N) is 3. The molecular weight excluding hydrogens is 182 g/mol. The summed E-state index contributed by atoms with van der Waals surface area (Å²) in [6.07, 6.45) is 2.95. The number of hydrogen-bond acceptors (Lipinski definition) is 2. The lowest BCUT2D eigenvalue weighted by Gasteiger charge is -2.09. The summed E-state index contributed by atoms with van der Waals surface area (Å²) >= 11 is 0. The van der Waals surface area contributed by atoms with Gasteiger partial charge in [-0.1, -0.05) is 0 Å². The van der Waals surface area contributed by atoms with Gasteiger partial charge in [-0.2, -0.15) is 4.99 Å². The van der Waals surface area contributed by atoms with Crippen LogP contribution < -0.4 is 17.2 Å². The molecule has 0 spiro atoms. The summed E-state index contributed by atoms with van der Waals surface area (Å²) in [7, 11) is 0. The molecule has 0 aromatic heterocycles. The molecule has 0 bridgehead atoms. The Hall–Kier alpha value is -1.30. The first kappa shape index (κ1) is 10.8. The number of nitrogens with zero attached hydrogens (tertiary/aromatic N) is 2. The van der Waals surface area contributed by atoms with Gasteiger partial charge >= 0.3 is 0 Å². The maximum atomic E-state index is 8.81. The minimum absolute atomic E-state index is 0.0849. The van der Waals surface area contributed by atoms with E-state index in [4.69, 9.17) is 22.3 Å². The van der Waals surface area contributed by atoms with Crippen molar-refractivity contribution in [3.63, 3.8) is 0 Å². The Labute approximate surface area is 82.9 Å². The average molecular weight is 199 g/mol. The first-order chi connectivity index (χ1) is 6.58. The molecule has 1 aliphatic carbocycles. The van der Waals surface area contributed by atoms with Crippen molar-refractivity contribution in [2.75, 3.05) is 13.2 Å². The van der Waals surface area contributed by atoms with E-state index in [-0.39, 0.29) is 23.9 Å². The largest absolute Gasteiger partial charge is 0.396 e. The quantitative estimate of drug-likeness (QED) is 0.333. The highest BCUT2D eigenvalue weighted by atomic mass is 16.3. The van der Waals surface area contributed by atoms with Gasteiger partial charge < -0.3 is 22.3 Å². The zero-order chi connectivity index (χ0) is 10.6. The molecule has 0 unspecified atom stereocenters. The molecule has 1 rings (SSSR count). The minimum atomic E-state index is -0.0849. The fourth-order valence-corrected chi connectivity index (χ4v) is 1.32. The van der Waals surface area contributed by atoms with Gasteiger partial charge in [0.1, 0.15) is 0 Å². The molecule has 7 N–H and O–H groups in total. The molecular formula is C8H17N5O. The van der Waals surface area contributed by atoms with Crippen LogP contribution in [0.25, 0.3) is 0 Å². The van der Waals surface area contributed by atoms with E-state index >= 15 is 0 Å². The van der Waals surface area contributed by atoms with E-state index in [0.29, 0.717) is 6.54 Å². The molecule has 0 amide bonds. The van der Waals surface area contributed by atoms with E-state index in [9.17, 15) is 0 Å². The summed E-state index contributed by atoms with van der Waals surface area (Å²) in [6.45, 7) is 0.786. The van der Waals surface area contributed by atoms with E-state index in [1.807, 2.05) is 0 Å². The number of hydrogen-bond donors (Lipinski definition) is 4. The summed E-state index contributed by atoms with van der Waals surface area (Å²) < 4.78 is 0. The normalized spacial score (nSPS) is 19.1. The maximum Gasteiger partial charge on any atom is 0.218 e. The molecule has 0 aromatic rings. The molecule has 0 aliphatic heterocycles. The summed E-state index contributed by atoms with van der Waals surface area (Å²) in [5.74, 6) is 0.0208. The highest BCUT2D eigenvalue weighted by molar-refractivity contribution is 5.92. The van der Waals surface area contributed by atoms with Crippen molar-refractivity contribution in [2.45, 2.75) is 19.3 Å². The van der Waals surface area contributed by atoms with Gasteiger partial charge in [-0.3, -0.25) is 4.99 Å². The van der Waals surface area contributed by atoms with Crippen molar-refractivity contribution in [3.8, 4) is 0 Å². The van der Waals surface area contributed by atoms with Crippen LogP contribution in [-0.4, -0.2) is 30.2 Å². The molecule has 1 aliphatic rings. The second-order valence-corrected chi connectivity index (χ2v) is 3.68. The predicted octanol–water partition coefficient (Wildman–Crippen LogP) is -1.26. The zero-order valence-electron chi connectivity index (χ0n) is 8.11. The van der Waals surface area contributed by atoms with Crippen LogP contribution >= 0.6 is 0 Å². The van der Waals surface area contributed by atoms with Crippen LogP contribution in [-0.2, 0) is 0 Å². The van der Waals surface area contributed by atoms with Gasteiger partial charge in [0.2, 0.25) is 5.96 Å². The number of aliphatic imine (C=N–C) groups is 2. The van der Waals surface area contributed by atoms with Crippen molar-refractivity contribution in [3.05, 3.63) is 0 Å². The first-order valence-corrected chi connectivity index (χ1v) is 4.58. The Kier molecular flexibility index (Phi) is 3.29. The molecule has 0 aromatic carbocycles. The fourth-order valence-electron chi connectivity index (χ4n) is 1.32. The van der Waals surface area contributed by atoms with Gasteiger partial charge in [-0.15, -0.1) is 0 Å². The van der Waals surface area contributed by atoms with Gasteiger partial charge in [-0.05, 0) is 24.7 Å². The number of aliphatic hydroxyl groups excluding tert-OH is 1. The molecule has 0 heterocycles. The molecule has 1 fully saturated rings. The second-order valence-electron chi connectivity index (χ2n) is 3.68. The fraction of sp³-hybridized carbons (Fsp3) is 0.750. The van der Waals surface area contributed by atoms with E-state index in [2.05, 4.69) is 9.98 Å². The van der Waals surface area contributed by atoms with Crippen molar-refractivity contribution in [1.82, 2.24) is 0 Å². The third-order valence-corrected chi connectivity index (χ3v) is 2.42. The standard InChI is InChI=1S/C8H17N5O/c9-6(10)13-7(11)12-5-8(1-2-8)3-4-14/h14H,1-5H2,(H6,9,10,11,12,13). The Balaban J connectivity index is 2.42. The molecule has 0 saturated heterocycles. The van der Waals surface area contributed by atoms with Crippen LogP contribution in [0.2, 0.25) is 0 Å². The monoisotopic (exact) mass is 199 g/mol. The van der Waals surface area contributed by atoms with Crippen molar-refractivity contribution >= 4 is 11.9 Å². The van der Waals surface area contributed by atoms with E-state index < -0.39 is 0 Å². The predicted molar refractivity (Wildman–Crippen MR) is 55.7 cm³/mol. The third-order valence-electron chi connectivity index (χ3n) is 2.42. The topological polar surface area (TPSA) is 123 Å². The van der Waals surface area contributed by atoms with Gasteiger partial charge in [-0.25, -0.2) is 0 Å². The number of rotatable bonds is 4. The Morgan fingerprint density at radius 1 is 1.29 bits per heavy atom. The minimum Gasteiger partial charge on any atom is -0.396 e. The van der Waals surface area contributed by atoms with Crippen molar-refractivity contribution in [2.24, 2.45) is 32.6 Å². The van der Waals surface area contributed by atoms with Gasteiger partial charge in [0, 0.05) is 13.2 Å². The SMILES string of the molecule is NC(N)=NC(N)=NCC1(CCO)CC1. The molecule has 0 atom stereocenters. The first-order valence-electron chi connectivity index (χ1n) is 4.58. The van der Waals surface area contributed by atoms with Crippen LogP contribution in [0.3, 0.4) is 0 Å². The van der Waals surface area contributed by atoms with E-state index in [1.165, 1.54) is 0 Å². The van der Waals surface area contributed by atoms with E-state index in [1.54, 1.807) is 0 Å². The average Bonchev–Trinajstić information content (AvgIpc) is 2.82.